The van der Waals surface area contributed by atoms with Gasteiger partial charge in [0.15, 0.2) is 0 Å². The van der Waals surface area contributed by atoms with E-state index in [1.807, 2.05) is 6.92 Å². The van der Waals surface area contributed by atoms with Crippen molar-refractivity contribution in [3.05, 3.63) is 23.4 Å². The van der Waals surface area contributed by atoms with Crippen LogP contribution in [-0.4, -0.2) is 24.7 Å². The van der Waals surface area contributed by atoms with Crippen molar-refractivity contribution in [2.24, 2.45) is 5.92 Å². The predicted octanol–water partition coefficient (Wildman–Crippen LogP) is 1.64. The van der Waals surface area contributed by atoms with Gasteiger partial charge in [-0.25, -0.2) is 4.98 Å². The fraction of sp³-hybridized carbons (Fsp3) is 0.538. The molecule has 0 amide bonds. The van der Waals surface area contributed by atoms with Gasteiger partial charge in [-0.05, 0) is 32.4 Å². The molecule has 1 N–H and O–H groups in total. The molecular formula is C13H17N3O. The Morgan fingerprint density at radius 2 is 2.47 bits per heavy atom. The molecule has 90 valence electrons. The Labute approximate surface area is 102 Å². The summed E-state index contributed by atoms with van der Waals surface area (Å²) in [7, 11) is 0. The molecule has 4 heteroatoms. The monoisotopic (exact) mass is 231 g/mol. The van der Waals surface area contributed by atoms with E-state index in [0.29, 0.717) is 24.0 Å². The minimum absolute atomic E-state index is 0.552. The van der Waals surface area contributed by atoms with Crippen LogP contribution in [0.3, 0.4) is 0 Å². The molecule has 17 heavy (non-hydrogen) atoms. The first kappa shape index (κ1) is 11.9. The zero-order chi connectivity index (χ0) is 12.1. The predicted molar refractivity (Wildman–Crippen MR) is 64.8 cm³/mol. The Balaban J connectivity index is 1.94. The van der Waals surface area contributed by atoms with Crippen molar-refractivity contribution in [2.45, 2.75) is 19.8 Å². The lowest BCUT2D eigenvalue weighted by atomic mass is 10.0. The Bertz CT molecular complexity index is 419. The first-order chi connectivity index (χ1) is 8.28. The molecule has 1 saturated heterocycles. The first-order valence-electron chi connectivity index (χ1n) is 6.00. The molecule has 1 fully saturated rings. The number of pyridine rings is 1. The number of hydrogen-bond acceptors (Lipinski definition) is 4. The number of nitriles is 1. The Kier molecular flexibility index (Phi) is 3.94. The van der Waals surface area contributed by atoms with E-state index < -0.39 is 0 Å². The summed E-state index contributed by atoms with van der Waals surface area (Å²) >= 11 is 0. The molecule has 1 aromatic rings. The molecule has 4 nitrogen and oxygen atoms in total. The van der Waals surface area contributed by atoms with Crippen LogP contribution in [0, 0.1) is 24.2 Å². The number of rotatable bonds is 3. The van der Waals surface area contributed by atoms with Gasteiger partial charge in [-0.2, -0.15) is 5.26 Å². The Morgan fingerprint density at radius 3 is 3.18 bits per heavy atom. The average molecular weight is 231 g/mol. The van der Waals surface area contributed by atoms with Gasteiger partial charge in [0.2, 0.25) is 5.88 Å². The number of nitrogens with zero attached hydrogens (tertiary/aromatic N) is 2. The lowest BCUT2D eigenvalue weighted by Crippen LogP contribution is -2.33. The summed E-state index contributed by atoms with van der Waals surface area (Å²) in [4.78, 5) is 4.27. The van der Waals surface area contributed by atoms with E-state index in [1.54, 1.807) is 12.1 Å². The van der Waals surface area contributed by atoms with Gasteiger partial charge in [0.25, 0.3) is 0 Å². The number of aromatic nitrogens is 1. The molecule has 1 unspecified atom stereocenters. The summed E-state index contributed by atoms with van der Waals surface area (Å²) in [5.41, 5.74) is 1.43. The minimum atomic E-state index is 0.552. The van der Waals surface area contributed by atoms with E-state index in [-0.39, 0.29) is 0 Å². The van der Waals surface area contributed by atoms with Gasteiger partial charge in [0.05, 0.1) is 18.2 Å². The van der Waals surface area contributed by atoms with Crippen molar-refractivity contribution >= 4 is 0 Å². The van der Waals surface area contributed by atoms with Gasteiger partial charge in [-0.3, -0.25) is 0 Å². The van der Waals surface area contributed by atoms with E-state index >= 15 is 0 Å². The summed E-state index contributed by atoms with van der Waals surface area (Å²) in [6.07, 6.45) is 2.41. The average Bonchev–Trinajstić information content (AvgIpc) is 2.37. The molecule has 2 rings (SSSR count). The number of hydrogen-bond donors (Lipinski definition) is 1. The van der Waals surface area contributed by atoms with Gasteiger partial charge < -0.3 is 10.1 Å². The van der Waals surface area contributed by atoms with Crippen molar-refractivity contribution < 1.29 is 4.74 Å². The Hall–Kier alpha value is -1.60. The maximum absolute atomic E-state index is 8.86. The van der Waals surface area contributed by atoms with Crippen molar-refractivity contribution in [2.75, 3.05) is 19.7 Å². The second-order valence-electron chi connectivity index (χ2n) is 4.47. The van der Waals surface area contributed by atoms with Crippen molar-refractivity contribution in [1.29, 1.82) is 5.26 Å². The molecule has 0 radical (unpaired) electrons. The van der Waals surface area contributed by atoms with Crippen LogP contribution in [0.15, 0.2) is 12.1 Å². The topological polar surface area (TPSA) is 57.9 Å². The fourth-order valence-electron chi connectivity index (χ4n) is 2.05. The third-order valence-electron chi connectivity index (χ3n) is 2.92. The summed E-state index contributed by atoms with van der Waals surface area (Å²) in [5, 5.41) is 12.2. The van der Waals surface area contributed by atoms with Crippen LogP contribution in [0.4, 0.5) is 0 Å². The second kappa shape index (κ2) is 5.65. The molecule has 0 aromatic carbocycles. The molecule has 1 aromatic heterocycles. The molecule has 0 saturated carbocycles. The third-order valence-corrected chi connectivity index (χ3v) is 2.92. The lowest BCUT2D eigenvalue weighted by molar-refractivity contribution is 0.212. The van der Waals surface area contributed by atoms with E-state index in [9.17, 15) is 0 Å². The zero-order valence-electron chi connectivity index (χ0n) is 10.1. The summed E-state index contributed by atoms with van der Waals surface area (Å²) in [5.74, 6) is 1.11. The molecule has 0 bridgehead atoms. The van der Waals surface area contributed by atoms with E-state index in [4.69, 9.17) is 10.00 Å². The third kappa shape index (κ3) is 3.43. The van der Waals surface area contributed by atoms with Crippen LogP contribution >= 0.6 is 0 Å². The molecule has 0 spiro atoms. The van der Waals surface area contributed by atoms with Crippen LogP contribution in [0.2, 0.25) is 0 Å². The highest BCUT2D eigenvalue weighted by Gasteiger charge is 2.13. The molecule has 1 atom stereocenters. The highest BCUT2D eigenvalue weighted by Crippen LogP contribution is 2.15. The van der Waals surface area contributed by atoms with Gasteiger partial charge in [0.1, 0.15) is 0 Å². The summed E-state index contributed by atoms with van der Waals surface area (Å²) < 4.78 is 5.67. The van der Waals surface area contributed by atoms with E-state index in [0.717, 1.165) is 18.8 Å². The van der Waals surface area contributed by atoms with Crippen LogP contribution in [-0.2, 0) is 0 Å². The molecule has 2 heterocycles. The van der Waals surface area contributed by atoms with Gasteiger partial charge in [-0.1, -0.05) is 0 Å². The molecular weight excluding hydrogens is 214 g/mol. The van der Waals surface area contributed by atoms with Gasteiger partial charge >= 0.3 is 0 Å². The molecule has 1 aliphatic heterocycles. The Morgan fingerprint density at radius 1 is 1.59 bits per heavy atom. The highest BCUT2D eigenvalue weighted by molar-refractivity contribution is 5.34. The quantitative estimate of drug-likeness (QED) is 0.859. The zero-order valence-corrected chi connectivity index (χ0v) is 10.1. The number of piperidine rings is 1. The van der Waals surface area contributed by atoms with Crippen molar-refractivity contribution in [3.63, 3.8) is 0 Å². The van der Waals surface area contributed by atoms with Crippen LogP contribution < -0.4 is 10.1 Å². The lowest BCUT2D eigenvalue weighted by Gasteiger charge is -2.22. The van der Waals surface area contributed by atoms with Gasteiger partial charge in [0, 0.05) is 24.2 Å². The first-order valence-corrected chi connectivity index (χ1v) is 6.00. The van der Waals surface area contributed by atoms with Crippen LogP contribution in [0.1, 0.15) is 24.1 Å². The standard InChI is InChI=1S/C13H17N3O/c1-10-5-12(7-14)6-13(16-10)17-9-11-3-2-4-15-8-11/h5-6,11,15H,2-4,8-9H2,1H3. The SMILES string of the molecule is Cc1cc(C#N)cc(OCC2CCCNC2)n1. The maximum Gasteiger partial charge on any atom is 0.214 e. The summed E-state index contributed by atoms with van der Waals surface area (Å²) in [6.45, 7) is 4.67. The highest BCUT2D eigenvalue weighted by atomic mass is 16.5. The minimum Gasteiger partial charge on any atom is -0.477 e. The number of aryl methyl sites for hydroxylation is 1. The largest absolute Gasteiger partial charge is 0.477 e. The van der Waals surface area contributed by atoms with E-state index in [1.165, 1.54) is 12.8 Å². The number of ether oxygens (including phenoxy) is 1. The van der Waals surface area contributed by atoms with Crippen molar-refractivity contribution in [3.8, 4) is 11.9 Å². The maximum atomic E-state index is 8.86. The summed E-state index contributed by atoms with van der Waals surface area (Å²) in [6, 6.07) is 5.57. The molecule has 1 aliphatic rings. The smallest absolute Gasteiger partial charge is 0.214 e. The van der Waals surface area contributed by atoms with E-state index in [2.05, 4.69) is 16.4 Å². The fourth-order valence-corrected chi connectivity index (χ4v) is 2.05. The van der Waals surface area contributed by atoms with Crippen LogP contribution in [0.5, 0.6) is 5.88 Å². The van der Waals surface area contributed by atoms with Crippen molar-refractivity contribution in [1.82, 2.24) is 10.3 Å². The second-order valence-corrected chi connectivity index (χ2v) is 4.47. The normalized spacial score (nSPS) is 19.6. The van der Waals surface area contributed by atoms with Gasteiger partial charge in [-0.15, -0.1) is 0 Å². The molecule has 0 aliphatic carbocycles. The van der Waals surface area contributed by atoms with Crippen LogP contribution in [0.25, 0.3) is 0 Å². The number of nitrogens with one attached hydrogen (secondary N) is 1.